The maximum absolute atomic E-state index is 11.0. The molecule has 0 aliphatic heterocycles. The largest absolute Gasteiger partial charge is 0.481 e. The molecular weight excluding hydrogens is 270 g/mol. The van der Waals surface area contributed by atoms with Crippen LogP contribution in [0.2, 0.25) is 0 Å². The van der Waals surface area contributed by atoms with Crippen LogP contribution >= 0.6 is 11.8 Å². The minimum atomic E-state index is -0.635. The molecule has 1 aromatic carbocycles. The van der Waals surface area contributed by atoms with Gasteiger partial charge in [-0.3, -0.25) is 4.79 Å². The van der Waals surface area contributed by atoms with Gasteiger partial charge in [0.15, 0.2) is 0 Å². The van der Waals surface area contributed by atoms with E-state index in [-0.39, 0.29) is 5.92 Å². The molecule has 0 amide bonds. The first-order valence-electron chi connectivity index (χ1n) is 7.23. The summed E-state index contributed by atoms with van der Waals surface area (Å²) < 4.78 is 0. The Hall–Kier alpha value is -1.00. The van der Waals surface area contributed by atoms with Crippen molar-refractivity contribution >= 4 is 17.7 Å². The van der Waals surface area contributed by atoms with E-state index in [1.165, 1.54) is 10.5 Å². The van der Waals surface area contributed by atoms with E-state index >= 15 is 0 Å². The number of carboxylic acids is 1. The van der Waals surface area contributed by atoms with Crippen molar-refractivity contribution in [1.29, 1.82) is 0 Å². The smallest absolute Gasteiger partial charge is 0.306 e. The van der Waals surface area contributed by atoms with Crippen LogP contribution in [0.5, 0.6) is 0 Å². The third-order valence-corrected chi connectivity index (χ3v) is 4.98. The topological polar surface area (TPSA) is 49.3 Å². The standard InChI is InChI=1S/C16H23NO2S/c1-11(14-5-3-4-6-15(14)20-2)17-13-9-7-12(8-10-13)16(18)19/h3-6,11-13,17H,7-10H2,1-2H3,(H,18,19)/t11-,12?,13?/m0/s1. The van der Waals surface area contributed by atoms with E-state index in [1.54, 1.807) is 11.8 Å². The van der Waals surface area contributed by atoms with Crippen molar-refractivity contribution < 1.29 is 9.90 Å². The number of hydrogen-bond acceptors (Lipinski definition) is 3. The first-order chi connectivity index (χ1) is 9.61. The van der Waals surface area contributed by atoms with Crippen LogP contribution in [-0.4, -0.2) is 23.4 Å². The molecule has 0 bridgehead atoms. The van der Waals surface area contributed by atoms with Crippen molar-refractivity contribution in [3.63, 3.8) is 0 Å². The second kappa shape index (κ2) is 7.14. The summed E-state index contributed by atoms with van der Waals surface area (Å²) in [4.78, 5) is 12.3. The quantitative estimate of drug-likeness (QED) is 0.813. The lowest BCUT2D eigenvalue weighted by Gasteiger charge is -2.30. The van der Waals surface area contributed by atoms with Gasteiger partial charge in [0.1, 0.15) is 0 Å². The van der Waals surface area contributed by atoms with Gasteiger partial charge in [0, 0.05) is 17.0 Å². The monoisotopic (exact) mass is 293 g/mol. The summed E-state index contributed by atoms with van der Waals surface area (Å²) >= 11 is 1.77. The minimum absolute atomic E-state index is 0.137. The SMILES string of the molecule is CSc1ccccc1[C@H](C)NC1CCC(C(=O)O)CC1. The summed E-state index contributed by atoms with van der Waals surface area (Å²) in [7, 11) is 0. The van der Waals surface area contributed by atoms with Crippen LogP contribution in [0, 0.1) is 5.92 Å². The molecular formula is C16H23NO2S. The Balaban J connectivity index is 1.92. The molecule has 0 saturated heterocycles. The molecule has 1 saturated carbocycles. The summed E-state index contributed by atoms with van der Waals surface area (Å²) in [6.45, 7) is 2.19. The van der Waals surface area contributed by atoms with Crippen molar-refractivity contribution in [3.05, 3.63) is 29.8 Å². The zero-order chi connectivity index (χ0) is 14.5. The fourth-order valence-corrected chi connectivity index (χ4v) is 3.67. The maximum atomic E-state index is 11.0. The Labute approximate surface area is 125 Å². The molecule has 3 nitrogen and oxygen atoms in total. The summed E-state index contributed by atoms with van der Waals surface area (Å²) in [6.07, 6.45) is 5.61. The molecule has 1 aliphatic rings. The predicted octanol–water partition coefficient (Wildman–Crippen LogP) is 3.70. The van der Waals surface area contributed by atoms with E-state index in [9.17, 15) is 4.79 Å². The number of carbonyl (C=O) groups is 1. The molecule has 1 atom stereocenters. The first kappa shape index (κ1) is 15.4. The van der Waals surface area contributed by atoms with E-state index in [1.807, 2.05) is 0 Å². The number of thioether (sulfide) groups is 1. The van der Waals surface area contributed by atoms with Gasteiger partial charge in [-0.05, 0) is 50.5 Å². The van der Waals surface area contributed by atoms with E-state index in [0.717, 1.165) is 25.7 Å². The lowest BCUT2D eigenvalue weighted by Crippen LogP contribution is -2.36. The average Bonchev–Trinajstić information content (AvgIpc) is 2.47. The number of nitrogens with one attached hydrogen (secondary N) is 1. The normalized spacial score (nSPS) is 24.3. The Kier molecular flexibility index (Phi) is 5.49. The van der Waals surface area contributed by atoms with Crippen LogP contribution in [0.25, 0.3) is 0 Å². The Morgan fingerprint density at radius 1 is 1.30 bits per heavy atom. The van der Waals surface area contributed by atoms with Gasteiger partial charge in [-0.1, -0.05) is 18.2 Å². The predicted molar refractivity (Wildman–Crippen MR) is 83.2 cm³/mol. The Morgan fingerprint density at radius 2 is 1.95 bits per heavy atom. The van der Waals surface area contributed by atoms with E-state index < -0.39 is 5.97 Å². The lowest BCUT2D eigenvalue weighted by molar-refractivity contribution is -0.142. The highest BCUT2D eigenvalue weighted by atomic mass is 32.2. The number of benzene rings is 1. The number of aliphatic carboxylic acids is 1. The van der Waals surface area contributed by atoms with Crippen LogP contribution in [0.4, 0.5) is 0 Å². The van der Waals surface area contributed by atoms with E-state index in [0.29, 0.717) is 12.1 Å². The molecule has 110 valence electrons. The van der Waals surface area contributed by atoms with Gasteiger partial charge in [0.25, 0.3) is 0 Å². The third-order valence-electron chi connectivity index (χ3n) is 4.17. The highest BCUT2D eigenvalue weighted by molar-refractivity contribution is 7.98. The minimum Gasteiger partial charge on any atom is -0.481 e. The average molecular weight is 293 g/mol. The molecule has 0 spiro atoms. The van der Waals surface area contributed by atoms with Crippen molar-refractivity contribution in [2.45, 2.75) is 49.6 Å². The molecule has 1 aliphatic carbocycles. The molecule has 20 heavy (non-hydrogen) atoms. The number of hydrogen-bond donors (Lipinski definition) is 2. The molecule has 4 heteroatoms. The summed E-state index contributed by atoms with van der Waals surface area (Å²) in [6, 6.07) is 9.22. The van der Waals surface area contributed by atoms with Crippen molar-refractivity contribution in [1.82, 2.24) is 5.32 Å². The van der Waals surface area contributed by atoms with Gasteiger partial charge >= 0.3 is 5.97 Å². The first-order valence-corrected chi connectivity index (χ1v) is 8.46. The molecule has 0 unspecified atom stereocenters. The van der Waals surface area contributed by atoms with Crippen molar-refractivity contribution in [3.8, 4) is 0 Å². The van der Waals surface area contributed by atoms with Gasteiger partial charge in [-0.25, -0.2) is 0 Å². The van der Waals surface area contributed by atoms with Gasteiger partial charge in [-0.15, -0.1) is 11.8 Å². The number of rotatable bonds is 5. The van der Waals surface area contributed by atoms with Crippen LogP contribution in [0.3, 0.4) is 0 Å². The summed E-state index contributed by atoms with van der Waals surface area (Å²) in [5.41, 5.74) is 1.33. The van der Waals surface area contributed by atoms with Crippen LogP contribution < -0.4 is 5.32 Å². The van der Waals surface area contributed by atoms with Crippen LogP contribution in [0.15, 0.2) is 29.2 Å². The molecule has 0 aromatic heterocycles. The Morgan fingerprint density at radius 3 is 2.55 bits per heavy atom. The van der Waals surface area contributed by atoms with Crippen LogP contribution in [0.1, 0.15) is 44.2 Å². The highest BCUT2D eigenvalue weighted by Gasteiger charge is 2.26. The molecule has 1 aromatic rings. The third kappa shape index (κ3) is 3.76. The number of carboxylic acid groups (broad SMARTS) is 1. The lowest BCUT2D eigenvalue weighted by atomic mass is 9.85. The fraction of sp³-hybridized carbons (Fsp3) is 0.562. The molecule has 0 heterocycles. The molecule has 1 fully saturated rings. The van der Waals surface area contributed by atoms with E-state index in [4.69, 9.17) is 5.11 Å². The van der Waals surface area contributed by atoms with Crippen LogP contribution in [-0.2, 0) is 4.79 Å². The van der Waals surface area contributed by atoms with Gasteiger partial charge in [-0.2, -0.15) is 0 Å². The molecule has 2 N–H and O–H groups in total. The second-order valence-electron chi connectivity index (χ2n) is 5.52. The van der Waals surface area contributed by atoms with Gasteiger partial charge in [0.2, 0.25) is 0 Å². The Bertz CT molecular complexity index is 456. The van der Waals surface area contributed by atoms with Crippen molar-refractivity contribution in [2.75, 3.05) is 6.26 Å². The maximum Gasteiger partial charge on any atom is 0.306 e. The summed E-state index contributed by atoms with van der Waals surface area (Å²) in [5, 5.41) is 12.7. The fourth-order valence-electron chi connectivity index (χ4n) is 2.97. The van der Waals surface area contributed by atoms with Crippen molar-refractivity contribution in [2.24, 2.45) is 5.92 Å². The van der Waals surface area contributed by atoms with Gasteiger partial charge < -0.3 is 10.4 Å². The molecule has 0 radical (unpaired) electrons. The summed E-state index contributed by atoms with van der Waals surface area (Å²) in [5.74, 6) is -0.772. The van der Waals surface area contributed by atoms with E-state index in [2.05, 4.69) is 42.8 Å². The van der Waals surface area contributed by atoms with Gasteiger partial charge in [0.05, 0.1) is 5.92 Å². The molecule has 2 rings (SSSR count). The second-order valence-corrected chi connectivity index (χ2v) is 6.37. The zero-order valence-corrected chi connectivity index (χ0v) is 13.0. The highest BCUT2D eigenvalue weighted by Crippen LogP contribution is 2.29. The zero-order valence-electron chi connectivity index (χ0n) is 12.1.